The molecule has 62 heavy (non-hydrogen) atoms. The Morgan fingerprint density at radius 1 is 0.306 bits per heavy atom. The molecular weight excluding hydrogens is 745 g/mol. The minimum absolute atomic E-state index is 0.0650. The topological polar surface area (TPSA) is 0 Å². The van der Waals surface area contributed by atoms with Gasteiger partial charge in [-0.3, -0.25) is 0 Å². The van der Waals surface area contributed by atoms with Crippen molar-refractivity contribution in [3.8, 4) is 66.8 Å². The van der Waals surface area contributed by atoms with E-state index in [4.69, 9.17) is 0 Å². The molecule has 2 aliphatic rings. The van der Waals surface area contributed by atoms with Gasteiger partial charge in [0, 0.05) is 5.41 Å². The third-order valence-electron chi connectivity index (χ3n) is 14.2. The Kier molecular flexibility index (Phi) is 7.52. The molecule has 0 unspecified atom stereocenters. The molecule has 0 N–H and O–H groups in total. The minimum atomic E-state index is -0.0650. The average Bonchev–Trinajstić information content (AvgIpc) is 3.80. The fourth-order valence-corrected chi connectivity index (χ4v) is 11.3. The first-order valence-corrected chi connectivity index (χ1v) is 22.0. The average molecular weight is 787 g/mol. The van der Waals surface area contributed by atoms with Crippen LogP contribution in [0.4, 0.5) is 0 Å². The zero-order valence-corrected chi connectivity index (χ0v) is 34.8. The van der Waals surface area contributed by atoms with E-state index in [2.05, 4.69) is 220 Å². The van der Waals surface area contributed by atoms with E-state index in [1.165, 1.54) is 132 Å². The number of hydrogen-bond acceptors (Lipinski definition) is 0. The van der Waals surface area contributed by atoms with Crippen LogP contribution in [0.1, 0.15) is 36.1 Å². The summed E-state index contributed by atoms with van der Waals surface area (Å²) in [6.45, 7) is 4.78. The number of rotatable bonds is 4. The van der Waals surface area contributed by atoms with Crippen LogP contribution < -0.4 is 0 Å². The van der Waals surface area contributed by atoms with Gasteiger partial charge < -0.3 is 0 Å². The highest BCUT2D eigenvalue weighted by molar-refractivity contribution is 6.22. The van der Waals surface area contributed by atoms with Gasteiger partial charge in [-0.05, 0) is 163 Å². The zero-order valence-electron chi connectivity index (χ0n) is 34.8. The molecule has 13 rings (SSSR count). The highest BCUT2D eigenvalue weighted by Gasteiger charge is 2.37. The Morgan fingerprint density at radius 3 is 1.52 bits per heavy atom. The lowest BCUT2D eigenvalue weighted by Crippen LogP contribution is -2.15. The second kappa shape index (κ2) is 13.2. The van der Waals surface area contributed by atoms with Gasteiger partial charge in [0.05, 0.1) is 0 Å². The number of benzene rings is 11. The van der Waals surface area contributed by atoms with Crippen molar-refractivity contribution in [3.05, 3.63) is 229 Å². The van der Waals surface area contributed by atoms with E-state index in [-0.39, 0.29) is 5.41 Å². The summed E-state index contributed by atoms with van der Waals surface area (Å²) in [4.78, 5) is 0. The van der Waals surface area contributed by atoms with Crippen LogP contribution in [0, 0.1) is 0 Å². The standard InChI is InChI=1S/C62H42/c1-62(2)58-32-30-42(36-57(58)54-31-29-39-14-5-6-17-48(39)61(54)62)41-24-26-44-34-45-27-28-46(37-56(45)55(44)35-41)59-50-19-9-11-21-52(50)60(53-22-12-10-20-51(53)59)49-18-8-7-16-47(49)43-25-23-38-13-3-4-15-40(38)33-43/h3-33,35-37H,34H2,1-2H3. The summed E-state index contributed by atoms with van der Waals surface area (Å²) < 4.78 is 0. The summed E-state index contributed by atoms with van der Waals surface area (Å²) in [5.74, 6) is 0. The van der Waals surface area contributed by atoms with Crippen LogP contribution in [0.25, 0.3) is 110 Å². The van der Waals surface area contributed by atoms with Gasteiger partial charge in [0.15, 0.2) is 0 Å². The molecule has 0 bridgehead atoms. The van der Waals surface area contributed by atoms with E-state index in [9.17, 15) is 0 Å². The van der Waals surface area contributed by atoms with Crippen LogP contribution in [-0.4, -0.2) is 0 Å². The summed E-state index contributed by atoms with van der Waals surface area (Å²) in [7, 11) is 0. The molecule has 290 valence electrons. The second-order valence-corrected chi connectivity index (χ2v) is 18.0. The molecule has 0 saturated heterocycles. The Balaban J connectivity index is 0.949. The molecule has 0 heterocycles. The smallest absolute Gasteiger partial charge is 0.0165 e. The first-order valence-electron chi connectivity index (χ1n) is 22.0. The van der Waals surface area contributed by atoms with Gasteiger partial charge in [0.2, 0.25) is 0 Å². The van der Waals surface area contributed by atoms with Crippen molar-refractivity contribution in [3.63, 3.8) is 0 Å². The fraction of sp³-hybridized carbons (Fsp3) is 0.0645. The molecule has 0 aliphatic heterocycles. The Hall–Kier alpha value is -7.54. The maximum Gasteiger partial charge on any atom is 0.0165 e. The minimum Gasteiger partial charge on any atom is -0.0616 e. The molecule has 2 aliphatic carbocycles. The lowest BCUT2D eigenvalue weighted by atomic mass is 9.80. The molecule has 0 amide bonds. The first-order chi connectivity index (χ1) is 30.5. The van der Waals surface area contributed by atoms with Crippen molar-refractivity contribution in [2.45, 2.75) is 25.7 Å². The van der Waals surface area contributed by atoms with Crippen molar-refractivity contribution < 1.29 is 0 Å². The van der Waals surface area contributed by atoms with Gasteiger partial charge in [0.25, 0.3) is 0 Å². The molecule has 0 aromatic heterocycles. The van der Waals surface area contributed by atoms with Crippen LogP contribution >= 0.6 is 0 Å². The molecule has 0 saturated carbocycles. The monoisotopic (exact) mass is 786 g/mol. The largest absolute Gasteiger partial charge is 0.0616 e. The summed E-state index contributed by atoms with van der Waals surface area (Å²) >= 11 is 0. The maximum absolute atomic E-state index is 2.48. The third kappa shape index (κ3) is 5.14. The molecule has 0 nitrogen and oxygen atoms in total. The van der Waals surface area contributed by atoms with Crippen LogP contribution in [0.2, 0.25) is 0 Å². The second-order valence-electron chi connectivity index (χ2n) is 18.0. The van der Waals surface area contributed by atoms with E-state index < -0.39 is 0 Å². The predicted molar refractivity (Wildman–Crippen MR) is 264 cm³/mol. The van der Waals surface area contributed by atoms with Crippen molar-refractivity contribution >= 4 is 43.1 Å². The lowest BCUT2D eigenvalue weighted by Gasteiger charge is -2.23. The first kappa shape index (κ1) is 35.2. The Morgan fingerprint density at radius 2 is 0.806 bits per heavy atom. The van der Waals surface area contributed by atoms with Gasteiger partial charge in [-0.25, -0.2) is 0 Å². The van der Waals surface area contributed by atoms with E-state index >= 15 is 0 Å². The van der Waals surface area contributed by atoms with Crippen LogP contribution in [0.5, 0.6) is 0 Å². The quantitative estimate of drug-likeness (QED) is 0.156. The number of fused-ring (bicyclic) bond motifs is 11. The van der Waals surface area contributed by atoms with Crippen LogP contribution in [0.15, 0.2) is 206 Å². The lowest BCUT2D eigenvalue weighted by molar-refractivity contribution is 0.666. The van der Waals surface area contributed by atoms with E-state index in [0.29, 0.717) is 0 Å². The normalized spacial score (nSPS) is 13.4. The fourth-order valence-electron chi connectivity index (χ4n) is 11.3. The summed E-state index contributed by atoms with van der Waals surface area (Å²) in [6, 6.07) is 77.6. The molecule has 0 radical (unpaired) electrons. The summed E-state index contributed by atoms with van der Waals surface area (Å²) in [5.41, 5.74) is 21.1. The number of hydrogen-bond donors (Lipinski definition) is 0. The van der Waals surface area contributed by atoms with Crippen LogP contribution in [-0.2, 0) is 11.8 Å². The van der Waals surface area contributed by atoms with Crippen molar-refractivity contribution in [1.82, 2.24) is 0 Å². The predicted octanol–water partition coefficient (Wildman–Crippen LogP) is 16.8. The van der Waals surface area contributed by atoms with E-state index in [1.807, 2.05) is 0 Å². The molecule has 0 spiro atoms. The van der Waals surface area contributed by atoms with Crippen molar-refractivity contribution in [2.24, 2.45) is 0 Å². The van der Waals surface area contributed by atoms with E-state index in [0.717, 1.165) is 6.42 Å². The van der Waals surface area contributed by atoms with Gasteiger partial charge in [0.1, 0.15) is 0 Å². The molecule has 11 aromatic carbocycles. The highest BCUT2D eigenvalue weighted by Crippen LogP contribution is 2.53. The van der Waals surface area contributed by atoms with Crippen molar-refractivity contribution in [1.29, 1.82) is 0 Å². The molecule has 0 fully saturated rings. The van der Waals surface area contributed by atoms with Gasteiger partial charge in [-0.2, -0.15) is 0 Å². The van der Waals surface area contributed by atoms with Gasteiger partial charge in [-0.15, -0.1) is 0 Å². The zero-order chi connectivity index (χ0) is 41.1. The molecule has 0 heteroatoms. The van der Waals surface area contributed by atoms with Gasteiger partial charge in [-0.1, -0.05) is 196 Å². The third-order valence-corrected chi connectivity index (χ3v) is 14.2. The maximum atomic E-state index is 2.48. The molecule has 11 aromatic rings. The van der Waals surface area contributed by atoms with Crippen LogP contribution in [0.3, 0.4) is 0 Å². The Labute approximate surface area is 362 Å². The summed E-state index contributed by atoms with van der Waals surface area (Å²) in [6.07, 6.45) is 0.954. The molecule has 0 atom stereocenters. The SMILES string of the molecule is CC1(C)c2ccc(-c3ccc4c(c3)-c3cc(-c5c6ccccc6c(-c6ccccc6-c6ccc7ccccc7c6)c6ccccc56)ccc3C4)cc2-c2ccc3ccccc3c21. The highest BCUT2D eigenvalue weighted by atomic mass is 14.4. The molecular formula is C62H42. The van der Waals surface area contributed by atoms with E-state index in [1.54, 1.807) is 0 Å². The van der Waals surface area contributed by atoms with Gasteiger partial charge >= 0.3 is 0 Å². The Bertz CT molecular complexity index is 3630. The summed E-state index contributed by atoms with van der Waals surface area (Å²) in [5, 5.41) is 10.3. The van der Waals surface area contributed by atoms with Crippen molar-refractivity contribution in [2.75, 3.05) is 0 Å².